The maximum Gasteiger partial charge on any atom is 0.234 e. The Labute approximate surface area is 121 Å². The molecule has 1 aromatic heterocycles. The molecule has 1 saturated carbocycles. The van der Waals surface area contributed by atoms with Crippen molar-refractivity contribution in [3.63, 3.8) is 0 Å². The first kappa shape index (κ1) is 15.0. The molecule has 0 radical (unpaired) electrons. The Hall–Kier alpha value is -1.36. The number of aryl methyl sites for hydroxylation is 1. The van der Waals surface area contributed by atoms with Crippen LogP contribution in [0.2, 0.25) is 0 Å². The van der Waals surface area contributed by atoms with Gasteiger partial charge in [0, 0.05) is 30.9 Å². The Morgan fingerprint density at radius 2 is 2.20 bits per heavy atom. The van der Waals surface area contributed by atoms with Gasteiger partial charge in [0.2, 0.25) is 5.91 Å². The van der Waals surface area contributed by atoms with Crippen molar-refractivity contribution in [1.29, 1.82) is 0 Å². The molecule has 1 heterocycles. The zero-order valence-electron chi connectivity index (χ0n) is 12.6. The summed E-state index contributed by atoms with van der Waals surface area (Å²) < 4.78 is 1.91. The number of hydrogen-bond donors (Lipinski definition) is 1. The monoisotopic (exact) mass is 278 g/mol. The van der Waals surface area contributed by atoms with E-state index >= 15 is 0 Å². The van der Waals surface area contributed by atoms with Gasteiger partial charge in [-0.25, -0.2) is 0 Å². The van der Waals surface area contributed by atoms with Crippen LogP contribution in [-0.4, -0.2) is 40.2 Å². The third kappa shape index (κ3) is 4.63. The van der Waals surface area contributed by atoms with E-state index in [1.807, 2.05) is 29.0 Å². The highest BCUT2D eigenvalue weighted by Crippen LogP contribution is 2.17. The second-order valence-electron chi connectivity index (χ2n) is 5.78. The van der Waals surface area contributed by atoms with Crippen LogP contribution >= 0.6 is 0 Å². The zero-order chi connectivity index (χ0) is 14.4. The van der Waals surface area contributed by atoms with E-state index in [-0.39, 0.29) is 5.91 Å². The third-order valence-corrected chi connectivity index (χ3v) is 3.85. The van der Waals surface area contributed by atoms with Crippen molar-refractivity contribution in [2.24, 2.45) is 0 Å². The minimum Gasteiger partial charge on any atom is -0.352 e. The average molecular weight is 278 g/mol. The molecule has 5 heteroatoms. The number of hydrogen-bond acceptors (Lipinski definition) is 3. The molecule has 2 rings (SSSR count). The topological polar surface area (TPSA) is 50.2 Å². The van der Waals surface area contributed by atoms with Gasteiger partial charge in [-0.1, -0.05) is 19.3 Å². The summed E-state index contributed by atoms with van der Waals surface area (Å²) >= 11 is 0. The minimum atomic E-state index is 0.141. The number of carbonyl (C=O) groups is 1. The van der Waals surface area contributed by atoms with Crippen molar-refractivity contribution >= 4 is 5.91 Å². The highest BCUT2D eigenvalue weighted by atomic mass is 16.2. The Kier molecular flexibility index (Phi) is 5.59. The first-order chi connectivity index (χ1) is 9.67. The van der Waals surface area contributed by atoms with Crippen molar-refractivity contribution in [1.82, 2.24) is 20.0 Å². The minimum absolute atomic E-state index is 0.141. The van der Waals surface area contributed by atoms with E-state index in [2.05, 4.69) is 17.3 Å². The van der Waals surface area contributed by atoms with Crippen LogP contribution in [0.4, 0.5) is 0 Å². The predicted octanol–water partition coefficient (Wildman–Crippen LogP) is 1.78. The predicted molar refractivity (Wildman–Crippen MR) is 79.3 cm³/mol. The lowest BCUT2D eigenvalue weighted by molar-refractivity contribution is -0.123. The first-order valence-electron chi connectivity index (χ1n) is 7.66. The van der Waals surface area contributed by atoms with E-state index in [9.17, 15) is 4.79 Å². The molecular formula is C15H26N4O. The molecule has 0 saturated heterocycles. The lowest BCUT2D eigenvalue weighted by Crippen LogP contribution is -2.41. The van der Waals surface area contributed by atoms with Gasteiger partial charge in [0.05, 0.1) is 12.7 Å². The smallest absolute Gasteiger partial charge is 0.234 e. The third-order valence-electron chi connectivity index (χ3n) is 3.85. The van der Waals surface area contributed by atoms with Crippen LogP contribution in [0.5, 0.6) is 0 Å². The molecule has 1 N–H and O–H groups in total. The molecule has 1 amide bonds. The molecule has 20 heavy (non-hydrogen) atoms. The van der Waals surface area contributed by atoms with E-state index in [4.69, 9.17) is 0 Å². The average Bonchev–Trinajstić information content (AvgIpc) is 2.87. The van der Waals surface area contributed by atoms with Crippen molar-refractivity contribution in [2.45, 2.75) is 58.2 Å². The zero-order valence-corrected chi connectivity index (χ0v) is 12.6. The quantitative estimate of drug-likeness (QED) is 0.863. The van der Waals surface area contributed by atoms with Gasteiger partial charge in [0.15, 0.2) is 0 Å². The summed E-state index contributed by atoms with van der Waals surface area (Å²) in [7, 11) is 1.98. The van der Waals surface area contributed by atoms with Crippen LogP contribution in [0.3, 0.4) is 0 Å². The molecule has 0 bridgehead atoms. The summed E-state index contributed by atoms with van der Waals surface area (Å²) in [6.07, 6.45) is 9.99. The van der Waals surface area contributed by atoms with Crippen molar-refractivity contribution in [3.8, 4) is 0 Å². The van der Waals surface area contributed by atoms with Gasteiger partial charge < -0.3 is 5.32 Å². The molecule has 1 aliphatic rings. The second-order valence-corrected chi connectivity index (χ2v) is 5.78. The Bertz CT molecular complexity index is 423. The van der Waals surface area contributed by atoms with Gasteiger partial charge in [0.1, 0.15) is 0 Å². The molecule has 0 atom stereocenters. The molecule has 0 aliphatic heterocycles. The van der Waals surface area contributed by atoms with Crippen LogP contribution in [-0.2, 0) is 17.9 Å². The fourth-order valence-corrected chi connectivity index (χ4v) is 2.79. The SMILES string of the molecule is CCn1cc(CN(C)CC(=O)NC2CCCCC2)cn1. The van der Waals surface area contributed by atoms with Crippen molar-refractivity contribution in [3.05, 3.63) is 18.0 Å². The van der Waals surface area contributed by atoms with Crippen LogP contribution in [0, 0.1) is 0 Å². The van der Waals surface area contributed by atoms with Gasteiger partial charge in [-0.15, -0.1) is 0 Å². The molecule has 112 valence electrons. The summed E-state index contributed by atoms with van der Waals surface area (Å²) in [5.41, 5.74) is 1.15. The largest absolute Gasteiger partial charge is 0.352 e. The molecule has 0 aromatic carbocycles. The Balaban J connectivity index is 1.72. The van der Waals surface area contributed by atoms with E-state index < -0.39 is 0 Å². The molecule has 1 fully saturated rings. The maximum absolute atomic E-state index is 12.0. The molecule has 0 spiro atoms. The number of nitrogens with zero attached hydrogens (tertiary/aromatic N) is 3. The summed E-state index contributed by atoms with van der Waals surface area (Å²) in [6, 6.07) is 0.396. The van der Waals surface area contributed by atoms with Crippen LogP contribution in [0.15, 0.2) is 12.4 Å². The highest BCUT2D eigenvalue weighted by molar-refractivity contribution is 5.78. The molecular weight excluding hydrogens is 252 g/mol. The van der Waals surface area contributed by atoms with Crippen LogP contribution < -0.4 is 5.32 Å². The van der Waals surface area contributed by atoms with E-state index in [0.29, 0.717) is 12.6 Å². The number of likely N-dealkylation sites (N-methyl/N-ethyl adjacent to an activating group) is 1. The maximum atomic E-state index is 12.0. The second kappa shape index (κ2) is 7.43. The first-order valence-corrected chi connectivity index (χ1v) is 7.66. The van der Waals surface area contributed by atoms with Crippen molar-refractivity contribution in [2.75, 3.05) is 13.6 Å². The lowest BCUT2D eigenvalue weighted by Gasteiger charge is -2.24. The standard InChI is InChI=1S/C15H26N4O/c1-3-19-11-13(9-16-19)10-18(2)12-15(20)17-14-7-5-4-6-8-14/h9,11,14H,3-8,10,12H2,1-2H3,(H,17,20). The van der Waals surface area contributed by atoms with Gasteiger partial charge >= 0.3 is 0 Å². The molecule has 5 nitrogen and oxygen atoms in total. The van der Waals surface area contributed by atoms with Crippen LogP contribution in [0.1, 0.15) is 44.6 Å². The van der Waals surface area contributed by atoms with Gasteiger partial charge in [0.25, 0.3) is 0 Å². The van der Waals surface area contributed by atoms with Gasteiger partial charge in [-0.3, -0.25) is 14.4 Å². The van der Waals surface area contributed by atoms with Gasteiger partial charge in [-0.05, 0) is 26.8 Å². The summed E-state index contributed by atoms with van der Waals surface area (Å²) in [6.45, 7) is 4.16. The van der Waals surface area contributed by atoms with E-state index in [0.717, 1.165) is 31.5 Å². The summed E-state index contributed by atoms with van der Waals surface area (Å²) in [4.78, 5) is 14.0. The number of nitrogens with one attached hydrogen (secondary N) is 1. The highest BCUT2D eigenvalue weighted by Gasteiger charge is 2.16. The van der Waals surface area contributed by atoms with Gasteiger partial charge in [-0.2, -0.15) is 5.10 Å². The fourth-order valence-electron chi connectivity index (χ4n) is 2.79. The lowest BCUT2D eigenvalue weighted by atomic mass is 9.95. The molecule has 1 aliphatic carbocycles. The van der Waals surface area contributed by atoms with E-state index in [1.165, 1.54) is 19.3 Å². The Morgan fingerprint density at radius 1 is 1.45 bits per heavy atom. The molecule has 1 aromatic rings. The number of rotatable bonds is 6. The van der Waals surface area contributed by atoms with E-state index in [1.54, 1.807) is 0 Å². The summed E-state index contributed by atoms with van der Waals surface area (Å²) in [5.74, 6) is 0.141. The van der Waals surface area contributed by atoms with Crippen molar-refractivity contribution < 1.29 is 4.79 Å². The van der Waals surface area contributed by atoms with Crippen LogP contribution in [0.25, 0.3) is 0 Å². The fraction of sp³-hybridized carbons (Fsp3) is 0.733. The Morgan fingerprint density at radius 3 is 2.85 bits per heavy atom. The normalized spacial score (nSPS) is 16.6. The number of carbonyl (C=O) groups excluding carboxylic acids is 1. The molecule has 0 unspecified atom stereocenters. The number of aromatic nitrogens is 2. The summed E-state index contributed by atoms with van der Waals surface area (Å²) in [5, 5.41) is 7.40. The number of amides is 1.